The summed E-state index contributed by atoms with van der Waals surface area (Å²) in [5, 5.41) is 3.22. The molecule has 0 fully saturated rings. The molecule has 0 bridgehead atoms. The van der Waals surface area contributed by atoms with Crippen molar-refractivity contribution in [1.29, 1.82) is 0 Å². The molecule has 2 rings (SSSR count). The second-order valence-electron chi connectivity index (χ2n) is 5.62. The molecular weight excluding hydrogens is 332 g/mol. The number of nitrogens with one attached hydrogen (secondary N) is 2. The Bertz CT molecular complexity index is 732. The van der Waals surface area contributed by atoms with Crippen LogP contribution in [-0.2, 0) is 19.1 Å². The molecule has 26 heavy (non-hydrogen) atoms. The van der Waals surface area contributed by atoms with Gasteiger partial charge in [0.15, 0.2) is 12.1 Å². The highest BCUT2D eigenvalue weighted by atomic mass is 16.5. The highest BCUT2D eigenvalue weighted by Crippen LogP contribution is 2.16. The Morgan fingerprint density at radius 3 is 2.19 bits per heavy atom. The molecule has 0 aliphatic carbocycles. The van der Waals surface area contributed by atoms with E-state index in [4.69, 9.17) is 9.47 Å². The van der Waals surface area contributed by atoms with Crippen molar-refractivity contribution in [3.05, 3.63) is 60.7 Å². The summed E-state index contributed by atoms with van der Waals surface area (Å²) < 4.78 is 9.71. The van der Waals surface area contributed by atoms with Gasteiger partial charge >= 0.3 is 11.9 Å². The minimum absolute atomic E-state index is 0.0120. The smallest absolute Gasteiger partial charge is 0.320 e. The fourth-order valence-corrected chi connectivity index (χ4v) is 2.48. The predicted octanol–water partition coefficient (Wildman–Crippen LogP) is 1.30. The van der Waals surface area contributed by atoms with Crippen LogP contribution in [0.3, 0.4) is 0 Å². The standard InChI is InChI=1S/C20H22N2O4/c1-25-19(23)13-18(22-16-11-7-4-8-12-16)17(20(24)26-2)14-21-15-9-5-3-6-10-15/h3-12,14,17-18,22H,13H2,1-2H3/p+1. The van der Waals surface area contributed by atoms with Crippen molar-refractivity contribution in [3.63, 3.8) is 0 Å². The van der Waals surface area contributed by atoms with E-state index in [9.17, 15) is 9.59 Å². The van der Waals surface area contributed by atoms with E-state index in [1.165, 1.54) is 14.2 Å². The molecule has 0 saturated heterocycles. The Hall–Kier alpha value is -3.15. The van der Waals surface area contributed by atoms with Gasteiger partial charge in [0.05, 0.1) is 26.7 Å². The summed E-state index contributed by atoms with van der Waals surface area (Å²) in [5.41, 5.74) is 1.63. The van der Waals surface area contributed by atoms with Crippen molar-refractivity contribution in [2.75, 3.05) is 19.5 Å². The monoisotopic (exact) mass is 355 g/mol. The fourth-order valence-electron chi connectivity index (χ4n) is 2.48. The SMILES string of the molecule is COC(=O)CC(Nc1ccccc1)C(C=[NH+]c1ccccc1)C(=O)OC. The van der Waals surface area contributed by atoms with Crippen molar-refractivity contribution in [3.8, 4) is 0 Å². The molecule has 0 aliphatic heterocycles. The first-order chi connectivity index (χ1) is 12.6. The van der Waals surface area contributed by atoms with Gasteiger partial charge in [-0.15, -0.1) is 0 Å². The van der Waals surface area contributed by atoms with Gasteiger partial charge in [-0.3, -0.25) is 9.59 Å². The number of esters is 2. The number of hydrogen-bond donors (Lipinski definition) is 2. The van der Waals surface area contributed by atoms with E-state index in [2.05, 4.69) is 10.3 Å². The molecular formula is C20H23N2O4+. The third-order valence-corrected chi connectivity index (χ3v) is 3.85. The number of hydrogen-bond acceptors (Lipinski definition) is 5. The highest BCUT2D eigenvalue weighted by molar-refractivity contribution is 5.90. The van der Waals surface area contributed by atoms with Crippen LogP contribution in [0, 0.1) is 5.92 Å². The van der Waals surface area contributed by atoms with Gasteiger partial charge < -0.3 is 14.8 Å². The maximum absolute atomic E-state index is 12.3. The van der Waals surface area contributed by atoms with Gasteiger partial charge in [0.25, 0.3) is 0 Å². The summed E-state index contributed by atoms with van der Waals surface area (Å²) in [6.07, 6.45) is 1.64. The summed E-state index contributed by atoms with van der Waals surface area (Å²) in [5.74, 6) is -1.58. The summed E-state index contributed by atoms with van der Waals surface area (Å²) in [7, 11) is 2.64. The molecule has 6 nitrogen and oxygen atoms in total. The Balaban J connectivity index is 2.28. The molecule has 2 N–H and O–H groups in total. The van der Waals surface area contributed by atoms with E-state index in [1.807, 2.05) is 60.7 Å². The quantitative estimate of drug-likeness (QED) is 0.551. The number of para-hydroxylation sites is 2. The second kappa shape index (κ2) is 9.98. The van der Waals surface area contributed by atoms with E-state index >= 15 is 0 Å². The van der Waals surface area contributed by atoms with Crippen molar-refractivity contribution in [2.45, 2.75) is 12.5 Å². The van der Waals surface area contributed by atoms with Crippen molar-refractivity contribution >= 4 is 29.5 Å². The first kappa shape index (κ1) is 19.2. The van der Waals surface area contributed by atoms with E-state index in [-0.39, 0.29) is 6.42 Å². The molecule has 0 amide bonds. The van der Waals surface area contributed by atoms with Gasteiger partial charge in [0, 0.05) is 17.8 Å². The van der Waals surface area contributed by atoms with Crippen LogP contribution in [0.2, 0.25) is 0 Å². The average Bonchev–Trinajstić information content (AvgIpc) is 2.69. The number of carbonyl (C=O) groups excluding carboxylic acids is 2. The Morgan fingerprint density at radius 2 is 1.62 bits per heavy atom. The fraction of sp³-hybridized carbons (Fsp3) is 0.250. The summed E-state index contributed by atoms with van der Waals surface area (Å²) in [6, 6.07) is 18.3. The van der Waals surface area contributed by atoms with Gasteiger partial charge in [0.2, 0.25) is 5.69 Å². The van der Waals surface area contributed by atoms with Crippen LogP contribution in [0.25, 0.3) is 0 Å². The Morgan fingerprint density at radius 1 is 1.00 bits per heavy atom. The first-order valence-corrected chi connectivity index (χ1v) is 8.25. The van der Waals surface area contributed by atoms with Gasteiger partial charge in [-0.05, 0) is 12.1 Å². The number of methoxy groups -OCH3 is 2. The van der Waals surface area contributed by atoms with Crippen LogP contribution in [0.15, 0.2) is 60.7 Å². The zero-order valence-electron chi connectivity index (χ0n) is 14.8. The van der Waals surface area contributed by atoms with Crippen molar-refractivity contribution in [1.82, 2.24) is 0 Å². The van der Waals surface area contributed by atoms with Crippen LogP contribution in [-0.4, -0.2) is 38.4 Å². The molecule has 0 heterocycles. The third kappa shape index (κ3) is 5.73. The normalized spacial score (nSPS) is 13.0. The number of ether oxygens (including phenoxy) is 2. The largest absolute Gasteiger partial charge is 0.469 e. The molecule has 6 heteroatoms. The third-order valence-electron chi connectivity index (χ3n) is 3.85. The zero-order valence-corrected chi connectivity index (χ0v) is 14.8. The molecule has 2 aromatic carbocycles. The van der Waals surface area contributed by atoms with Crippen LogP contribution in [0.5, 0.6) is 0 Å². The maximum atomic E-state index is 12.3. The molecule has 0 aromatic heterocycles. The zero-order chi connectivity index (χ0) is 18.8. The molecule has 0 spiro atoms. The second-order valence-corrected chi connectivity index (χ2v) is 5.62. The topological polar surface area (TPSA) is 78.6 Å². The molecule has 2 atom stereocenters. The Kier molecular flexibility index (Phi) is 7.36. The molecule has 0 radical (unpaired) electrons. The lowest BCUT2D eigenvalue weighted by Gasteiger charge is -2.22. The number of rotatable bonds is 8. The first-order valence-electron chi connectivity index (χ1n) is 8.25. The molecule has 0 saturated carbocycles. The minimum Gasteiger partial charge on any atom is -0.469 e. The van der Waals surface area contributed by atoms with Crippen LogP contribution < -0.4 is 10.3 Å². The van der Waals surface area contributed by atoms with Crippen LogP contribution in [0.1, 0.15) is 6.42 Å². The van der Waals surface area contributed by atoms with Gasteiger partial charge in [-0.25, -0.2) is 4.99 Å². The molecule has 2 unspecified atom stereocenters. The van der Waals surface area contributed by atoms with Gasteiger partial charge in [-0.1, -0.05) is 36.4 Å². The lowest BCUT2D eigenvalue weighted by Crippen LogP contribution is -2.64. The Labute approximate surface area is 152 Å². The molecule has 0 aliphatic rings. The lowest BCUT2D eigenvalue weighted by molar-refractivity contribution is -0.350. The molecule has 2 aromatic rings. The number of carbonyl (C=O) groups is 2. The predicted molar refractivity (Wildman–Crippen MR) is 99.1 cm³/mol. The summed E-state index contributed by atoms with van der Waals surface area (Å²) in [4.78, 5) is 27.3. The lowest BCUT2D eigenvalue weighted by atomic mass is 9.97. The maximum Gasteiger partial charge on any atom is 0.320 e. The number of benzene rings is 2. The number of anilines is 1. The van der Waals surface area contributed by atoms with Crippen molar-refractivity contribution < 1.29 is 24.1 Å². The van der Waals surface area contributed by atoms with Crippen LogP contribution in [0.4, 0.5) is 11.4 Å². The minimum atomic E-state index is -0.709. The summed E-state index contributed by atoms with van der Waals surface area (Å²) in [6.45, 7) is 0. The van der Waals surface area contributed by atoms with Crippen molar-refractivity contribution in [2.24, 2.45) is 5.92 Å². The average molecular weight is 355 g/mol. The van der Waals surface area contributed by atoms with Gasteiger partial charge in [0.1, 0.15) is 0 Å². The van der Waals surface area contributed by atoms with Crippen LogP contribution >= 0.6 is 0 Å². The van der Waals surface area contributed by atoms with E-state index in [0.717, 1.165) is 11.4 Å². The van der Waals surface area contributed by atoms with E-state index < -0.39 is 23.9 Å². The van der Waals surface area contributed by atoms with E-state index in [1.54, 1.807) is 6.21 Å². The van der Waals surface area contributed by atoms with Gasteiger partial charge in [-0.2, -0.15) is 0 Å². The summed E-state index contributed by atoms with van der Waals surface area (Å²) >= 11 is 0. The van der Waals surface area contributed by atoms with E-state index in [0.29, 0.717) is 0 Å². The molecule has 136 valence electrons. The highest BCUT2D eigenvalue weighted by Gasteiger charge is 2.32.